The van der Waals surface area contributed by atoms with Crippen molar-refractivity contribution < 1.29 is 4.79 Å². The summed E-state index contributed by atoms with van der Waals surface area (Å²) in [6.07, 6.45) is 2.61. The van der Waals surface area contributed by atoms with Crippen LogP contribution in [0.25, 0.3) is 0 Å². The van der Waals surface area contributed by atoms with Gasteiger partial charge in [0.05, 0.1) is 0 Å². The molecule has 0 radical (unpaired) electrons. The number of nitrogens with one attached hydrogen (secondary N) is 2. The van der Waals surface area contributed by atoms with E-state index in [0.717, 1.165) is 19.5 Å². The molecule has 1 rings (SSSR count). The van der Waals surface area contributed by atoms with Crippen LogP contribution in [-0.2, 0) is 0 Å². The van der Waals surface area contributed by atoms with E-state index in [2.05, 4.69) is 22.5 Å². The molecule has 1 aromatic heterocycles. The van der Waals surface area contributed by atoms with Gasteiger partial charge in [-0.2, -0.15) is 0 Å². The van der Waals surface area contributed by atoms with Gasteiger partial charge in [0.25, 0.3) is 5.91 Å². The maximum absolute atomic E-state index is 11.6. The quantitative estimate of drug-likeness (QED) is 0.617. The van der Waals surface area contributed by atoms with Crippen LogP contribution in [-0.4, -0.2) is 30.5 Å². The van der Waals surface area contributed by atoms with Crippen LogP contribution >= 0.6 is 24.0 Å². The summed E-state index contributed by atoms with van der Waals surface area (Å²) in [5.74, 6) is -0.123. The van der Waals surface area contributed by atoms with E-state index in [9.17, 15) is 4.79 Å². The fourth-order valence-corrected chi connectivity index (χ4v) is 1.39. The molecule has 0 aliphatic carbocycles. The third-order valence-electron chi connectivity index (χ3n) is 2.00. The van der Waals surface area contributed by atoms with E-state index >= 15 is 0 Å². The van der Waals surface area contributed by atoms with Gasteiger partial charge in [-0.15, -0.1) is 12.4 Å². The molecule has 0 atom stereocenters. The first kappa shape index (κ1) is 16.2. The van der Waals surface area contributed by atoms with Crippen LogP contribution in [0, 0.1) is 0 Å². The van der Waals surface area contributed by atoms with E-state index in [4.69, 9.17) is 11.6 Å². The summed E-state index contributed by atoms with van der Waals surface area (Å²) in [7, 11) is 0. The van der Waals surface area contributed by atoms with Crippen molar-refractivity contribution in [2.24, 2.45) is 0 Å². The predicted octanol–water partition coefficient (Wildman–Crippen LogP) is 1.89. The summed E-state index contributed by atoms with van der Waals surface area (Å²) in [5.41, 5.74) is 0.537. The molecule has 1 amide bonds. The number of nitrogens with zero attached hydrogens (tertiary/aromatic N) is 1. The number of pyridine rings is 1. The topological polar surface area (TPSA) is 54.0 Å². The molecule has 0 spiro atoms. The summed E-state index contributed by atoms with van der Waals surface area (Å²) in [4.78, 5) is 15.4. The number of rotatable bonds is 6. The maximum Gasteiger partial charge on any atom is 0.251 e. The molecule has 1 aromatic rings. The average Bonchev–Trinajstić information content (AvgIpc) is 2.28. The van der Waals surface area contributed by atoms with Crippen LogP contribution in [0.1, 0.15) is 23.7 Å². The second kappa shape index (κ2) is 9.22. The monoisotopic (exact) mass is 277 g/mol. The lowest BCUT2D eigenvalue weighted by Crippen LogP contribution is -2.32. The Morgan fingerprint density at radius 1 is 1.41 bits per heavy atom. The fourth-order valence-electron chi connectivity index (χ4n) is 1.21. The van der Waals surface area contributed by atoms with Crippen molar-refractivity contribution in [1.82, 2.24) is 15.6 Å². The zero-order chi connectivity index (χ0) is 11.8. The van der Waals surface area contributed by atoms with Crippen LogP contribution in [0.3, 0.4) is 0 Å². The number of aromatic nitrogens is 1. The second-order valence-electron chi connectivity index (χ2n) is 3.37. The van der Waals surface area contributed by atoms with Gasteiger partial charge in [-0.1, -0.05) is 18.5 Å². The van der Waals surface area contributed by atoms with E-state index in [1.54, 1.807) is 12.1 Å². The summed E-state index contributed by atoms with van der Waals surface area (Å²) in [6.45, 7) is 4.46. The minimum absolute atomic E-state index is 0. The SMILES string of the molecule is CCCNCCNC(=O)c1ccnc(Cl)c1.Cl. The predicted molar refractivity (Wildman–Crippen MR) is 72.0 cm³/mol. The first-order valence-electron chi connectivity index (χ1n) is 5.34. The van der Waals surface area contributed by atoms with Gasteiger partial charge >= 0.3 is 0 Å². The Morgan fingerprint density at radius 2 is 2.18 bits per heavy atom. The summed E-state index contributed by atoms with van der Waals surface area (Å²) >= 11 is 5.69. The van der Waals surface area contributed by atoms with E-state index < -0.39 is 0 Å². The highest BCUT2D eigenvalue weighted by Gasteiger charge is 2.04. The molecule has 96 valence electrons. The first-order chi connectivity index (χ1) is 7.74. The maximum atomic E-state index is 11.6. The fraction of sp³-hybridized carbons (Fsp3) is 0.455. The lowest BCUT2D eigenvalue weighted by molar-refractivity contribution is 0.0954. The molecule has 4 nitrogen and oxygen atoms in total. The van der Waals surface area contributed by atoms with Crippen LogP contribution in [0.4, 0.5) is 0 Å². The number of amides is 1. The Bertz CT molecular complexity index is 347. The number of carbonyl (C=O) groups is 1. The molecule has 6 heteroatoms. The molecule has 0 unspecified atom stereocenters. The zero-order valence-corrected chi connectivity index (χ0v) is 11.3. The van der Waals surface area contributed by atoms with Crippen molar-refractivity contribution in [3.8, 4) is 0 Å². The van der Waals surface area contributed by atoms with E-state index in [0.29, 0.717) is 17.3 Å². The lowest BCUT2D eigenvalue weighted by atomic mass is 10.2. The Morgan fingerprint density at radius 3 is 2.82 bits per heavy atom. The van der Waals surface area contributed by atoms with Crippen molar-refractivity contribution >= 4 is 29.9 Å². The van der Waals surface area contributed by atoms with Crippen LogP contribution < -0.4 is 10.6 Å². The first-order valence-corrected chi connectivity index (χ1v) is 5.72. The molecule has 0 aliphatic heterocycles. The van der Waals surface area contributed by atoms with Crippen molar-refractivity contribution in [2.75, 3.05) is 19.6 Å². The van der Waals surface area contributed by atoms with Crippen molar-refractivity contribution in [1.29, 1.82) is 0 Å². The third kappa shape index (κ3) is 6.46. The minimum Gasteiger partial charge on any atom is -0.351 e. The lowest BCUT2D eigenvalue weighted by Gasteiger charge is -2.06. The molecule has 1 heterocycles. The highest BCUT2D eigenvalue weighted by Crippen LogP contribution is 2.06. The van der Waals surface area contributed by atoms with Crippen LogP contribution in [0.2, 0.25) is 5.15 Å². The Labute approximate surface area is 113 Å². The van der Waals surface area contributed by atoms with Gasteiger partial charge in [-0.3, -0.25) is 4.79 Å². The van der Waals surface area contributed by atoms with E-state index in [1.165, 1.54) is 6.20 Å². The highest BCUT2D eigenvalue weighted by atomic mass is 35.5. The minimum atomic E-state index is -0.123. The van der Waals surface area contributed by atoms with Gasteiger partial charge in [-0.05, 0) is 25.1 Å². The van der Waals surface area contributed by atoms with E-state index in [-0.39, 0.29) is 18.3 Å². The normalized spacial score (nSPS) is 9.53. The number of hydrogen-bond donors (Lipinski definition) is 2. The zero-order valence-electron chi connectivity index (χ0n) is 9.70. The van der Waals surface area contributed by atoms with E-state index in [1.807, 2.05) is 0 Å². The molecule has 0 fully saturated rings. The largest absolute Gasteiger partial charge is 0.351 e. The third-order valence-corrected chi connectivity index (χ3v) is 2.21. The summed E-state index contributed by atoms with van der Waals surface area (Å²) < 4.78 is 0. The Balaban J connectivity index is 0.00000256. The van der Waals surface area contributed by atoms with Gasteiger partial charge < -0.3 is 10.6 Å². The van der Waals surface area contributed by atoms with Crippen molar-refractivity contribution in [2.45, 2.75) is 13.3 Å². The summed E-state index contributed by atoms with van der Waals surface area (Å²) in [5, 5.41) is 6.33. The molecule has 0 aromatic carbocycles. The standard InChI is InChI=1S/C11H16ClN3O.ClH/c1-2-4-13-6-7-15-11(16)9-3-5-14-10(12)8-9;/h3,5,8,13H,2,4,6-7H2,1H3,(H,15,16);1H. The number of carbonyl (C=O) groups excluding carboxylic acids is 1. The molecular formula is C11H17Cl2N3O. The highest BCUT2D eigenvalue weighted by molar-refractivity contribution is 6.29. The van der Waals surface area contributed by atoms with Gasteiger partial charge in [0, 0.05) is 24.8 Å². The molecular weight excluding hydrogens is 261 g/mol. The molecule has 0 saturated carbocycles. The smallest absolute Gasteiger partial charge is 0.251 e. The molecule has 0 aliphatic rings. The van der Waals surface area contributed by atoms with Crippen molar-refractivity contribution in [3.63, 3.8) is 0 Å². The molecule has 17 heavy (non-hydrogen) atoms. The summed E-state index contributed by atoms with van der Waals surface area (Å²) in [6, 6.07) is 3.19. The van der Waals surface area contributed by atoms with Gasteiger partial charge in [-0.25, -0.2) is 4.98 Å². The number of halogens is 2. The van der Waals surface area contributed by atoms with Crippen LogP contribution in [0.5, 0.6) is 0 Å². The molecule has 0 bridgehead atoms. The number of hydrogen-bond acceptors (Lipinski definition) is 3. The Kier molecular flexibility index (Phi) is 8.76. The molecule has 0 saturated heterocycles. The van der Waals surface area contributed by atoms with Crippen molar-refractivity contribution in [3.05, 3.63) is 29.0 Å². The van der Waals surface area contributed by atoms with Gasteiger partial charge in [0.15, 0.2) is 0 Å². The van der Waals surface area contributed by atoms with Gasteiger partial charge in [0.2, 0.25) is 0 Å². The Hall–Kier alpha value is -0.840. The second-order valence-corrected chi connectivity index (χ2v) is 3.76. The van der Waals surface area contributed by atoms with Gasteiger partial charge in [0.1, 0.15) is 5.15 Å². The molecule has 2 N–H and O–H groups in total. The average molecular weight is 278 g/mol. The van der Waals surface area contributed by atoms with Crippen LogP contribution in [0.15, 0.2) is 18.3 Å².